The number of benzene rings is 1. The average Bonchev–Trinajstić information content (AvgIpc) is 2.75. The van der Waals surface area contributed by atoms with E-state index in [1.807, 2.05) is 0 Å². The molecule has 2 amide bonds. The highest BCUT2D eigenvalue weighted by atomic mass is 16.4. The van der Waals surface area contributed by atoms with E-state index in [1.54, 1.807) is 24.3 Å². The number of hydrogen-bond acceptors (Lipinski definition) is 7. The first-order valence-corrected chi connectivity index (χ1v) is 10.3. The van der Waals surface area contributed by atoms with Crippen LogP contribution in [0.3, 0.4) is 0 Å². The molecule has 6 N–H and O–H groups in total. The number of guanidine groups is 1. The molecule has 0 bridgehead atoms. The predicted molar refractivity (Wildman–Crippen MR) is 114 cm³/mol. The lowest BCUT2D eigenvalue weighted by molar-refractivity contribution is -0.140. The van der Waals surface area contributed by atoms with Crippen molar-refractivity contribution in [3.8, 4) is 0 Å². The van der Waals surface area contributed by atoms with Crippen LogP contribution < -0.4 is 16.4 Å². The van der Waals surface area contributed by atoms with E-state index in [2.05, 4.69) is 20.6 Å². The number of carbonyl (C=O) groups excluding carboxylic acids is 2. The number of nitrogens with one attached hydrogen (secondary N) is 2. The molecule has 0 aromatic heterocycles. The van der Waals surface area contributed by atoms with Crippen molar-refractivity contribution in [2.75, 3.05) is 6.54 Å². The van der Waals surface area contributed by atoms with Crippen molar-refractivity contribution in [2.24, 2.45) is 27.6 Å². The topological polar surface area (TPSA) is 184 Å². The third-order valence-corrected chi connectivity index (χ3v) is 5.50. The van der Waals surface area contributed by atoms with Crippen LogP contribution >= 0.6 is 0 Å². The Morgan fingerprint density at radius 1 is 1.22 bits per heavy atom. The Kier molecular flexibility index (Phi) is 7.18. The van der Waals surface area contributed by atoms with Crippen molar-refractivity contribution in [1.82, 2.24) is 10.6 Å². The highest BCUT2D eigenvalue weighted by molar-refractivity contribution is 6.16. The highest BCUT2D eigenvalue weighted by Gasteiger charge is 2.34. The summed E-state index contributed by atoms with van der Waals surface area (Å²) in [6.45, 7) is 0.573. The fraction of sp³-hybridized carbons (Fsp3) is 0.429. The summed E-state index contributed by atoms with van der Waals surface area (Å²) in [7, 11) is 0. The lowest BCUT2D eigenvalue weighted by Crippen LogP contribution is -2.49. The normalized spacial score (nSPS) is 20.8. The summed E-state index contributed by atoms with van der Waals surface area (Å²) in [4.78, 5) is 54.8. The molecule has 0 saturated heterocycles. The molecule has 32 heavy (non-hydrogen) atoms. The van der Waals surface area contributed by atoms with Crippen molar-refractivity contribution < 1.29 is 29.4 Å². The third kappa shape index (κ3) is 5.90. The molecule has 170 valence electrons. The second kappa shape index (κ2) is 10.0. The number of amides is 2. The highest BCUT2D eigenvalue weighted by Crippen LogP contribution is 2.26. The Morgan fingerprint density at radius 3 is 2.59 bits per heavy atom. The van der Waals surface area contributed by atoms with E-state index in [-0.39, 0.29) is 42.1 Å². The van der Waals surface area contributed by atoms with Crippen molar-refractivity contribution in [2.45, 2.75) is 38.1 Å². The number of nitrogens with zero attached hydrogens (tertiary/aromatic N) is 2. The van der Waals surface area contributed by atoms with Crippen molar-refractivity contribution in [3.05, 3.63) is 35.4 Å². The van der Waals surface area contributed by atoms with Gasteiger partial charge in [0.1, 0.15) is 11.9 Å². The van der Waals surface area contributed by atoms with E-state index in [1.165, 1.54) is 0 Å². The number of carbonyl (C=O) groups is 4. The number of rotatable bonds is 9. The van der Waals surface area contributed by atoms with E-state index in [9.17, 15) is 19.2 Å². The second-order valence-electron chi connectivity index (χ2n) is 7.87. The number of aryl methyl sites for hydroxylation is 1. The summed E-state index contributed by atoms with van der Waals surface area (Å²) in [6.07, 6.45) is 1.63. The van der Waals surface area contributed by atoms with Gasteiger partial charge < -0.3 is 21.3 Å². The molecule has 2 aliphatic rings. The molecule has 0 fully saturated rings. The van der Waals surface area contributed by atoms with E-state index in [0.717, 1.165) is 18.4 Å². The molecule has 3 atom stereocenters. The minimum Gasteiger partial charge on any atom is -0.481 e. The number of fused-ring (bicyclic) bond motifs is 1. The summed E-state index contributed by atoms with van der Waals surface area (Å²) < 4.78 is 0. The number of carboxylic acid groups (broad SMARTS) is 2. The number of hydrogen-bond donors (Lipinski definition) is 5. The number of aliphatic imine (C=N–C) groups is 2. The Hall–Kier alpha value is -3.76. The number of amidine groups is 1. The zero-order chi connectivity index (χ0) is 23.3. The molecule has 2 heterocycles. The van der Waals surface area contributed by atoms with Crippen LogP contribution in [0.1, 0.15) is 41.6 Å². The van der Waals surface area contributed by atoms with Gasteiger partial charge in [-0.05, 0) is 49.3 Å². The van der Waals surface area contributed by atoms with Gasteiger partial charge in [0.15, 0.2) is 0 Å². The first-order chi connectivity index (χ1) is 15.2. The molecule has 0 saturated carbocycles. The number of carboxylic acids is 2. The van der Waals surface area contributed by atoms with E-state index >= 15 is 0 Å². The lowest BCUT2D eigenvalue weighted by atomic mass is 9.85. The number of aliphatic carboxylic acids is 2. The summed E-state index contributed by atoms with van der Waals surface area (Å²) in [5.41, 5.74) is 6.84. The molecule has 0 spiro atoms. The third-order valence-electron chi connectivity index (χ3n) is 5.50. The summed E-state index contributed by atoms with van der Waals surface area (Å²) in [5, 5.41) is 22.8. The molecule has 0 radical (unpaired) electrons. The first-order valence-electron chi connectivity index (χ1n) is 10.3. The van der Waals surface area contributed by atoms with Gasteiger partial charge >= 0.3 is 11.9 Å². The van der Waals surface area contributed by atoms with E-state index in [0.29, 0.717) is 18.8 Å². The standard InChI is InChI=1S/C21H25N5O6/c22-21-25-17-14(19(30)26-21)9-12(10-23-17)2-1-11-3-5-13(6-4-11)18(29)24-15(20(31)32)7-8-16(27)28/h3-6,12,14-15H,1-2,7-10H2,(H,24,29)(H,27,28)(H,31,32)(H3,22,23,25,26,30)/t12-,14?,15+/m1/s1. The van der Waals surface area contributed by atoms with Crippen LogP contribution in [0.25, 0.3) is 0 Å². The molecular weight excluding hydrogens is 418 g/mol. The van der Waals surface area contributed by atoms with Crippen LogP contribution in [0, 0.1) is 11.8 Å². The van der Waals surface area contributed by atoms with Gasteiger partial charge in [-0.25, -0.2) is 4.79 Å². The maximum absolute atomic E-state index is 12.3. The average molecular weight is 443 g/mol. The summed E-state index contributed by atoms with van der Waals surface area (Å²) >= 11 is 0. The monoisotopic (exact) mass is 443 g/mol. The zero-order valence-electron chi connectivity index (χ0n) is 17.3. The van der Waals surface area contributed by atoms with Crippen molar-refractivity contribution in [1.29, 1.82) is 0 Å². The van der Waals surface area contributed by atoms with Crippen LogP contribution in [0.5, 0.6) is 0 Å². The molecule has 1 aromatic rings. The first kappa shape index (κ1) is 22.9. The Bertz CT molecular complexity index is 971. The molecule has 0 aliphatic carbocycles. The van der Waals surface area contributed by atoms with Crippen LogP contribution in [-0.2, 0) is 20.8 Å². The van der Waals surface area contributed by atoms with Gasteiger partial charge in [0.2, 0.25) is 11.9 Å². The zero-order valence-corrected chi connectivity index (χ0v) is 17.3. The van der Waals surface area contributed by atoms with Crippen molar-refractivity contribution >= 4 is 35.5 Å². The molecule has 1 unspecified atom stereocenters. The second-order valence-corrected chi connectivity index (χ2v) is 7.87. The molecule has 2 aliphatic heterocycles. The maximum Gasteiger partial charge on any atom is 0.326 e. The predicted octanol–water partition coefficient (Wildman–Crippen LogP) is 0.146. The Morgan fingerprint density at radius 2 is 1.94 bits per heavy atom. The van der Waals surface area contributed by atoms with Crippen LogP contribution in [0.15, 0.2) is 34.3 Å². The molecule has 1 aromatic carbocycles. The SMILES string of the molecule is NC1=NC2=NC[C@H](CCc3ccc(C(=O)N[C@@H](CCC(=O)O)C(=O)O)cc3)CC2C(=O)N1. The van der Waals surface area contributed by atoms with Gasteiger partial charge in [0.05, 0.1) is 5.92 Å². The van der Waals surface area contributed by atoms with E-state index in [4.69, 9.17) is 15.9 Å². The minimum atomic E-state index is -1.28. The van der Waals surface area contributed by atoms with Gasteiger partial charge in [0, 0.05) is 18.5 Å². The largest absolute Gasteiger partial charge is 0.481 e. The Balaban J connectivity index is 1.52. The van der Waals surface area contributed by atoms with E-state index < -0.39 is 23.9 Å². The maximum atomic E-state index is 12.3. The van der Waals surface area contributed by atoms with Gasteiger partial charge in [-0.3, -0.25) is 24.7 Å². The Labute approximate surface area is 183 Å². The fourth-order valence-electron chi connectivity index (χ4n) is 3.72. The molecule has 11 nitrogen and oxygen atoms in total. The van der Waals surface area contributed by atoms with Crippen LogP contribution in [0.4, 0.5) is 0 Å². The quantitative estimate of drug-likeness (QED) is 0.359. The molecule has 3 rings (SSSR count). The van der Waals surface area contributed by atoms with Crippen LogP contribution in [0.2, 0.25) is 0 Å². The smallest absolute Gasteiger partial charge is 0.326 e. The summed E-state index contributed by atoms with van der Waals surface area (Å²) in [6, 6.07) is 5.51. The fourth-order valence-corrected chi connectivity index (χ4v) is 3.72. The van der Waals surface area contributed by atoms with Crippen molar-refractivity contribution in [3.63, 3.8) is 0 Å². The van der Waals surface area contributed by atoms with Gasteiger partial charge in [0.25, 0.3) is 5.91 Å². The molecular formula is C21H25N5O6. The van der Waals surface area contributed by atoms with Crippen LogP contribution in [-0.4, -0.2) is 58.3 Å². The van der Waals surface area contributed by atoms with Gasteiger partial charge in [-0.2, -0.15) is 4.99 Å². The lowest BCUT2D eigenvalue weighted by Gasteiger charge is -2.29. The summed E-state index contributed by atoms with van der Waals surface area (Å²) in [5.74, 6) is -2.77. The number of nitrogens with two attached hydrogens (primary N) is 1. The molecule has 11 heteroatoms. The van der Waals surface area contributed by atoms with Gasteiger partial charge in [-0.15, -0.1) is 0 Å². The minimum absolute atomic E-state index is 0.0733. The van der Waals surface area contributed by atoms with Gasteiger partial charge in [-0.1, -0.05) is 12.1 Å².